The topological polar surface area (TPSA) is 49.4 Å². The maximum absolute atomic E-state index is 12.5. The number of hydrogen-bond donors (Lipinski definition) is 1. The van der Waals surface area contributed by atoms with Gasteiger partial charge >= 0.3 is 0 Å². The average molecular weight is 286 g/mol. The third kappa shape index (κ3) is 3.88. The van der Waals surface area contributed by atoms with Gasteiger partial charge in [-0.25, -0.2) is 0 Å². The van der Waals surface area contributed by atoms with Crippen LogP contribution in [-0.2, 0) is 9.59 Å². The molecule has 5 heteroatoms. The number of amides is 2. The van der Waals surface area contributed by atoms with E-state index in [4.69, 9.17) is 0 Å². The average Bonchev–Trinajstić information content (AvgIpc) is 2.34. The minimum absolute atomic E-state index is 0.0340. The number of carbonyl (C=O) groups is 2. The number of carbonyl (C=O) groups excluding carboxylic acids is 2. The maximum Gasteiger partial charge on any atom is 0.246 e. The minimum Gasteiger partial charge on any atom is -0.342 e. The predicted octanol–water partition coefficient (Wildman–Crippen LogP) is 1.89. The highest BCUT2D eigenvalue weighted by Gasteiger charge is 2.41. The molecular formula is C14H26N2O2S. The highest BCUT2D eigenvalue weighted by molar-refractivity contribution is 7.99. The fourth-order valence-corrected chi connectivity index (χ4v) is 3.20. The van der Waals surface area contributed by atoms with Crippen molar-refractivity contribution < 1.29 is 9.59 Å². The Morgan fingerprint density at radius 1 is 1.32 bits per heavy atom. The molecule has 1 aliphatic rings. The van der Waals surface area contributed by atoms with Crippen LogP contribution in [0.3, 0.4) is 0 Å². The van der Waals surface area contributed by atoms with Gasteiger partial charge in [0.15, 0.2) is 0 Å². The minimum atomic E-state index is -0.370. The molecule has 110 valence electrons. The first kappa shape index (κ1) is 16.3. The lowest BCUT2D eigenvalue weighted by atomic mass is 9.96. The first-order chi connectivity index (χ1) is 8.90. The lowest BCUT2D eigenvalue weighted by Crippen LogP contribution is -2.65. The quantitative estimate of drug-likeness (QED) is 0.759. The second-order valence-corrected chi connectivity index (χ2v) is 6.88. The van der Waals surface area contributed by atoms with Crippen LogP contribution in [0.4, 0.5) is 0 Å². The first-order valence-corrected chi connectivity index (χ1v) is 8.25. The lowest BCUT2D eigenvalue weighted by molar-refractivity contribution is -0.152. The molecule has 1 aliphatic heterocycles. The number of thioether (sulfide) groups is 1. The largest absolute Gasteiger partial charge is 0.342 e. The summed E-state index contributed by atoms with van der Waals surface area (Å²) in [5.41, 5.74) is 0. The molecule has 0 aliphatic carbocycles. The summed E-state index contributed by atoms with van der Waals surface area (Å²) in [5, 5.41) is 2.83. The van der Waals surface area contributed by atoms with Crippen molar-refractivity contribution in [3.05, 3.63) is 0 Å². The molecule has 1 N–H and O–H groups in total. The molecule has 1 saturated heterocycles. The van der Waals surface area contributed by atoms with Crippen molar-refractivity contribution in [2.75, 3.05) is 11.5 Å². The fourth-order valence-electron chi connectivity index (χ4n) is 2.40. The highest BCUT2D eigenvalue weighted by atomic mass is 32.2. The molecule has 19 heavy (non-hydrogen) atoms. The maximum atomic E-state index is 12.5. The number of hydrogen-bond acceptors (Lipinski definition) is 3. The second kappa shape index (κ2) is 7.17. The van der Waals surface area contributed by atoms with Gasteiger partial charge in [-0.1, -0.05) is 20.8 Å². The summed E-state index contributed by atoms with van der Waals surface area (Å²) < 4.78 is 0. The zero-order valence-corrected chi connectivity index (χ0v) is 13.4. The Bertz CT molecular complexity index is 333. The normalized spacial score (nSPS) is 25.7. The van der Waals surface area contributed by atoms with Crippen molar-refractivity contribution in [2.45, 2.75) is 59.2 Å². The van der Waals surface area contributed by atoms with Gasteiger partial charge in [0, 0.05) is 6.04 Å². The van der Waals surface area contributed by atoms with Crippen LogP contribution in [0.1, 0.15) is 41.0 Å². The van der Waals surface area contributed by atoms with Gasteiger partial charge in [0.1, 0.15) is 12.1 Å². The van der Waals surface area contributed by atoms with E-state index in [1.807, 2.05) is 39.5 Å². The summed E-state index contributed by atoms with van der Waals surface area (Å²) in [6.45, 7) is 9.92. The summed E-state index contributed by atoms with van der Waals surface area (Å²) in [4.78, 5) is 26.3. The molecule has 0 aromatic rings. The third-order valence-corrected chi connectivity index (χ3v) is 4.57. The van der Waals surface area contributed by atoms with Crippen molar-refractivity contribution in [1.29, 1.82) is 0 Å². The van der Waals surface area contributed by atoms with Crippen LogP contribution < -0.4 is 5.32 Å². The number of piperazine rings is 1. The van der Waals surface area contributed by atoms with E-state index in [0.717, 1.165) is 17.9 Å². The van der Waals surface area contributed by atoms with Gasteiger partial charge in [-0.05, 0) is 37.7 Å². The smallest absolute Gasteiger partial charge is 0.246 e. The third-order valence-electron chi connectivity index (χ3n) is 3.64. The first-order valence-electron chi connectivity index (χ1n) is 7.10. The van der Waals surface area contributed by atoms with Crippen molar-refractivity contribution >= 4 is 23.6 Å². The monoisotopic (exact) mass is 286 g/mol. The van der Waals surface area contributed by atoms with Crippen LogP contribution >= 0.6 is 11.8 Å². The zero-order chi connectivity index (χ0) is 14.6. The summed E-state index contributed by atoms with van der Waals surface area (Å²) in [5.74, 6) is 2.28. The Hall–Kier alpha value is -0.710. The van der Waals surface area contributed by atoms with Gasteiger partial charge in [0.05, 0.1) is 0 Å². The van der Waals surface area contributed by atoms with E-state index in [1.165, 1.54) is 0 Å². The number of nitrogens with zero attached hydrogens (tertiary/aromatic N) is 1. The van der Waals surface area contributed by atoms with Crippen molar-refractivity contribution in [3.8, 4) is 0 Å². The molecule has 0 aromatic carbocycles. The van der Waals surface area contributed by atoms with Gasteiger partial charge in [0.2, 0.25) is 11.8 Å². The SMILES string of the molecule is CCSCCC(C)N1C(=O)C(C(C)C)NC(=O)C1C. The van der Waals surface area contributed by atoms with Gasteiger partial charge < -0.3 is 10.2 Å². The second-order valence-electron chi connectivity index (χ2n) is 5.49. The van der Waals surface area contributed by atoms with Crippen LogP contribution in [-0.4, -0.2) is 46.3 Å². The van der Waals surface area contributed by atoms with Crippen molar-refractivity contribution in [3.63, 3.8) is 0 Å². The predicted molar refractivity (Wildman–Crippen MR) is 80.2 cm³/mol. The van der Waals surface area contributed by atoms with Crippen LogP contribution in [0.15, 0.2) is 0 Å². The molecular weight excluding hydrogens is 260 g/mol. The Kier molecular flexibility index (Phi) is 6.17. The summed E-state index contributed by atoms with van der Waals surface area (Å²) in [6.07, 6.45) is 0.937. The molecule has 0 saturated carbocycles. The van der Waals surface area contributed by atoms with Gasteiger partial charge in [-0.2, -0.15) is 11.8 Å². The van der Waals surface area contributed by atoms with E-state index in [-0.39, 0.29) is 35.9 Å². The molecule has 2 amide bonds. The van der Waals surface area contributed by atoms with Gasteiger partial charge in [-0.15, -0.1) is 0 Å². The number of rotatable bonds is 6. The van der Waals surface area contributed by atoms with Crippen LogP contribution in [0.2, 0.25) is 0 Å². The summed E-state index contributed by atoms with van der Waals surface area (Å²) in [6, 6.07) is -0.608. The fraction of sp³-hybridized carbons (Fsp3) is 0.857. The van der Waals surface area contributed by atoms with E-state index in [1.54, 1.807) is 4.90 Å². The molecule has 3 atom stereocenters. The summed E-state index contributed by atoms with van der Waals surface area (Å²) in [7, 11) is 0. The Labute approximate surface area is 120 Å². The molecule has 1 heterocycles. The highest BCUT2D eigenvalue weighted by Crippen LogP contribution is 2.20. The molecule has 0 radical (unpaired) electrons. The number of nitrogens with one attached hydrogen (secondary N) is 1. The molecule has 3 unspecified atom stereocenters. The summed E-state index contributed by atoms with van der Waals surface area (Å²) >= 11 is 1.87. The molecule has 4 nitrogen and oxygen atoms in total. The van der Waals surface area contributed by atoms with E-state index < -0.39 is 0 Å². The van der Waals surface area contributed by atoms with E-state index in [2.05, 4.69) is 12.2 Å². The van der Waals surface area contributed by atoms with Gasteiger partial charge in [-0.3, -0.25) is 9.59 Å². The van der Waals surface area contributed by atoms with Crippen molar-refractivity contribution in [2.24, 2.45) is 5.92 Å². The van der Waals surface area contributed by atoms with E-state index >= 15 is 0 Å². The van der Waals surface area contributed by atoms with Crippen molar-refractivity contribution in [1.82, 2.24) is 10.2 Å². The van der Waals surface area contributed by atoms with Gasteiger partial charge in [0.25, 0.3) is 0 Å². The molecule has 1 rings (SSSR count). The van der Waals surface area contributed by atoms with E-state index in [0.29, 0.717) is 0 Å². The molecule has 0 aromatic heterocycles. The molecule has 1 fully saturated rings. The standard InChI is InChI=1S/C14H26N2O2S/c1-6-19-8-7-10(4)16-11(5)13(17)15-12(9(2)3)14(16)18/h9-12H,6-8H2,1-5H3,(H,15,17). The zero-order valence-electron chi connectivity index (χ0n) is 12.6. The van der Waals surface area contributed by atoms with E-state index in [9.17, 15) is 9.59 Å². The lowest BCUT2D eigenvalue weighted by Gasteiger charge is -2.42. The molecule has 0 bridgehead atoms. The Balaban J connectivity index is 2.76. The molecule has 0 spiro atoms. The Morgan fingerprint density at radius 3 is 2.47 bits per heavy atom. The van der Waals surface area contributed by atoms with Crippen LogP contribution in [0.5, 0.6) is 0 Å². The van der Waals surface area contributed by atoms with Crippen LogP contribution in [0, 0.1) is 5.92 Å². The Morgan fingerprint density at radius 2 is 1.95 bits per heavy atom. The van der Waals surface area contributed by atoms with Crippen LogP contribution in [0.25, 0.3) is 0 Å².